The number of benzene rings is 11. The summed E-state index contributed by atoms with van der Waals surface area (Å²) in [6.45, 7) is 0. The van der Waals surface area contributed by atoms with Crippen LogP contribution in [0.5, 0.6) is 0 Å². The Balaban J connectivity index is 1.19. The van der Waals surface area contributed by atoms with E-state index in [9.17, 15) is 0 Å². The van der Waals surface area contributed by atoms with Crippen molar-refractivity contribution in [1.29, 1.82) is 0 Å². The monoisotopic (exact) mass is 712 g/mol. The second-order valence-corrected chi connectivity index (χ2v) is 14.5. The lowest BCUT2D eigenvalue weighted by Gasteiger charge is -2.29. The Kier molecular flexibility index (Phi) is 7.53. The Labute approximate surface area is 325 Å². The highest BCUT2D eigenvalue weighted by Crippen LogP contribution is 2.48. The van der Waals surface area contributed by atoms with E-state index in [2.05, 4.69) is 228 Å². The van der Waals surface area contributed by atoms with Gasteiger partial charge in [0.25, 0.3) is 0 Å². The minimum Gasteiger partial charge on any atom is -0.310 e. The zero-order valence-electron chi connectivity index (χ0n) is 30.7. The summed E-state index contributed by atoms with van der Waals surface area (Å²) in [5.74, 6) is 0. The molecule has 0 aliphatic heterocycles. The maximum absolute atomic E-state index is 2.43. The molecule has 0 atom stereocenters. The highest BCUT2D eigenvalue weighted by molar-refractivity contribution is 6.33. The van der Waals surface area contributed by atoms with E-state index in [-0.39, 0.29) is 0 Å². The molecule has 0 saturated carbocycles. The van der Waals surface area contributed by atoms with Gasteiger partial charge in [-0.05, 0) is 126 Å². The predicted octanol–water partition coefficient (Wildman–Crippen LogP) is 15.5. The van der Waals surface area contributed by atoms with E-state index in [0.29, 0.717) is 0 Å². The normalized spacial score (nSPS) is 11.6. The number of rotatable bonds is 6. The van der Waals surface area contributed by atoms with Crippen molar-refractivity contribution in [2.75, 3.05) is 9.80 Å². The molecule has 0 heterocycles. The van der Waals surface area contributed by atoms with Crippen LogP contribution in [0.3, 0.4) is 0 Å². The number of anilines is 6. The van der Waals surface area contributed by atoms with Gasteiger partial charge >= 0.3 is 0 Å². The maximum Gasteiger partial charge on any atom is 0.0546 e. The molecular formula is C54H36N2. The summed E-state index contributed by atoms with van der Waals surface area (Å²) in [6, 6.07) is 79.6. The van der Waals surface area contributed by atoms with Crippen LogP contribution in [0.25, 0.3) is 64.6 Å². The molecule has 0 saturated heterocycles. The molecule has 2 nitrogen and oxygen atoms in total. The first-order valence-electron chi connectivity index (χ1n) is 19.3. The maximum atomic E-state index is 2.43. The van der Waals surface area contributed by atoms with Gasteiger partial charge in [-0.2, -0.15) is 0 Å². The van der Waals surface area contributed by atoms with Gasteiger partial charge in [-0.3, -0.25) is 0 Å². The summed E-state index contributed by atoms with van der Waals surface area (Å²) in [7, 11) is 0. The third-order valence-electron chi connectivity index (χ3n) is 11.3. The van der Waals surface area contributed by atoms with Crippen LogP contribution in [-0.2, 0) is 0 Å². The van der Waals surface area contributed by atoms with Crippen molar-refractivity contribution in [3.8, 4) is 0 Å². The van der Waals surface area contributed by atoms with Gasteiger partial charge in [0.2, 0.25) is 0 Å². The van der Waals surface area contributed by atoms with Crippen molar-refractivity contribution in [2.45, 2.75) is 0 Å². The van der Waals surface area contributed by atoms with E-state index in [1.807, 2.05) is 0 Å². The molecule has 0 aliphatic carbocycles. The number of fused-ring (bicyclic) bond motifs is 10. The third-order valence-corrected chi connectivity index (χ3v) is 11.3. The van der Waals surface area contributed by atoms with Crippen molar-refractivity contribution in [1.82, 2.24) is 0 Å². The number of hydrogen-bond acceptors (Lipinski definition) is 2. The van der Waals surface area contributed by atoms with Gasteiger partial charge in [0.15, 0.2) is 0 Å². The van der Waals surface area contributed by atoms with Crippen molar-refractivity contribution in [3.05, 3.63) is 218 Å². The summed E-state index contributed by atoms with van der Waals surface area (Å²) in [4.78, 5) is 4.81. The molecule has 0 aromatic heterocycles. The van der Waals surface area contributed by atoms with Crippen molar-refractivity contribution >= 4 is 98.8 Å². The summed E-state index contributed by atoms with van der Waals surface area (Å²) >= 11 is 0. The fourth-order valence-corrected chi connectivity index (χ4v) is 8.77. The molecule has 0 unspecified atom stereocenters. The van der Waals surface area contributed by atoms with Gasteiger partial charge in [-0.1, -0.05) is 152 Å². The first kappa shape index (κ1) is 32.0. The van der Waals surface area contributed by atoms with Gasteiger partial charge in [-0.25, -0.2) is 0 Å². The topological polar surface area (TPSA) is 6.48 Å². The van der Waals surface area contributed by atoms with Crippen LogP contribution in [0.15, 0.2) is 218 Å². The molecule has 0 N–H and O–H groups in total. The van der Waals surface area contributed by atoms with Crippen molar-refractivity contribution in [2.24, 2.45) is 0 Å². The van der Waals surface area contributed by atoms with Crippen LogP contribution in [0.2, 0.25) is 0 Å². The van der Waals surface area contributed by atoms with Crippen LogP contribution in [0, 0.1) is 0 Å². The third kappa shape index (κ3) is 5.26. The lowest BCUT2D eigenvalue weighted by Crippen LogP contribution is -2.11. The van der Waals surface area contributed by atoms with Crippen LogP contribution in [-0.4, -0.2) is 0 Å². The Bertz CT molecular complexity index is 3260. The highest BCUT2D eigenvalue weighted by Gasteiger charge is 2.21. The molecule has 0 spiro atoms. The Morgan fingerprint density at radius 1 is 0.214 bits per heavy atom. The van der Waals surface area contributed by atoms with Gasteiger partial charge in [0, 0.05) is 33.8 Å². The van der Waals surface area contributed by atoms with Crippen LogP contribution in [0.4, 0.5) is 34.1 Å². The molecule has 0 fully saturated rings. The van der Waals surface area contributed by atoms with Crippen molar-refractivity contribution in [3.63, 3.8) is 0 Å². The smallest absolute Gasteiger partial charge is 0.0546 e. The molecule has 56 heavy (non-hydrogen) atoms. The molecule has 11 rings (SSSR count). The van der Waals surface area contributed by atoms with E-state index in [1.165, 1.54) is 64.6 Å². The van der Waals surface area contributed by atoms with Crippen LogP contribution < -0.4 is 9.80 Å². The average molecular weight is 713 g/mol. The first-order valence-corrected chi connectivity index (χ1v) is 19.3. The Morgan fingerprint density at radius 3 is 1.27 bits per heavy atom. The van der Waals surface area contributed by atoms with Gasteiger partial charge < -0.3 is 9.80 Å². The molecule has 11 aromatic carbocycles. The molecule has 0 amide bonds. The molecule has 0 bridgehead atoms. The quantitative estimate of drug-likeness (QED) is 0.158. The molecule has 262 valence electrons. The SMILES string of the molecule is c1ccc(N(c2ccc3ccccc3c2)c2ccc3c(c2)c2ccccc2c2cc(N(c4ccccc4)c4ccc5ccccc5c4)c4ccccc4c32)cc1. The van der Waals surface area contributed by atoms with Crippen LogP contribution >= 0.6 is 0 Å². The zero-order chi connectivity index (χ0) is 37.0. The molecule has 11 aromatic rings. The summed E-state index contributed by atoms with van der Waals surface area (Å²) in [5.41, 5.74) is 6.78. The molecular weight excluding hydrogens is 677 g/mol. The van der Waals surface area contributed by atoms with Gasteiger partial charge in [-0.15, -0.1) is 0 Å². The predicted molar refractivity (Wildman–Crippen MR) is 241 cm³/mol. The minimum atomic E-state index is 1.12. The molecule has 0 radical (unpaired) electrons. The van der Waals surface area contributed by atoms with E-state index in [1.54, 1.807) is 0 Å². The molecule has 0 aliphatic rings. The number of hydrogen-bond donors (Lipinski definition) is 0. The van der Waals surface area contributed by atoms with Crippen molar-refractivity contribution < 1.29 is 0 Å². The lowest BCUT2D eigenvalue weighted by atomic mass is 9.89. The Morgan fingerprint density at radius 2 is 0.643 bits per heavy atom. The number of para-hydroxylation sites is 2. The number of nitrogens with zero attached hydrogens (tertiary/aromatic N) is 2. The Hall–Kier alpha value is -7.42. The standard InChI is InChI=1S/C54H36N2/c1-3-19-41(20-4-1)55(43-29-27-37-15-7-9-17-39(37)33-43)45-31-32-50-51(35-45)46-23-11-12-24-47(46)52-36-53(48-25-13-14-26-49(48)54(50)52)56(42-21-5-2-6-22-42)44-30-28-38-16-8-10-18-40(38)34-44/h1-36H. The second-order valence-electron chi connectivity index (χ2n) is 14.5. The van der Waals surface area contributed by atoms with E-state index in [4.69, 9.17) is 0 Å². The second kappa shape index (κ2) is 13.2. The zero-order valence-corrected chi connectivity index (χ0v) is 30.7. The van der Waals surface area contributed by atoms with E-state index in [0.717, 1.165) is 34.1 Å². The summed E-state index contributed by atoms with van der Waals surface area (Å²) in [6.07, 6.45) is 0. The molecule has 2 heteroatoms. The highest BCUT2D eigenvalue weighted by atomic mass is 15.1. The van der Waals surface area contributed by atoms with E-state index >= 15 is 0 Å². The lowest BCUT2D eigenvalue weighted by molar-refractivity contribution is 1.29. The largest absolute Gasteiger partial charge is 0.310 e. The fraction of sp³-hybridized carbons (Fsp3) is 0. The average Bonchev–Trinajstić information content (AvgIpc) is 3.27. The van der Waals surface area contributed by atoms with Gasteiger partial charge in [0.1, 0.15) is 0 Å². The summed E-state index contributed by atoms with van der Waals surface area (Å²) in [5, 5.41) is 14.8. The summed E-state index contributed by atoms with van der Waals surface area (Å²) < 4.78 is 0. The van der Waals surface area contributed by atoms with Gasteiger partial charge in [0.05, 0.1) is 5.69 Å². The minimum absolute atomic E-state index is 1.12. The fourth-order valence-electron chi connectivity index (χ4n) is 8.77. The first-order chi connectivity index (χ1) is 27.8. The van der Waals surface area contributed by atoms with E-state index < -0.39 is 0 Å². The van der Waals surface area contributed by atoms with Crippen LogP contribution in [0.1, 0.15) is 0 Å².